The fourth-order valence-corrected chi connectivity index (χ4v) is 1.83. The topological polar surface area (TPSA) is 29.3 Å². The number of nitrogens with zero attached hydrogens (tertiary/aromatic N) is 1. The van der Waals surface area contributed by atoms with Crippen LogP contribution in [0.5, 0.6) is 0 Å². The van der Waals surface area contributed by atoms with Crippen molar-refractivity contribution in [3.05, 3.63) is 23.2 Å². The molecule has 0 saturated carbocycles. The first-order chi connectivity index (χ1) is 8.00. The minimum atomic E-state index is -0.106. The van der Waals surface area contributed by atoms with E-state index in [9.17, 15) is 4.39 Å². The zero-order valence-electron chi connectivity index (χ0n) is 11.9. The van der Waals surface area contributed by atoms with E-state index >= 15 is 0 Å². The third kappa shape index (κ3) is 5.87. The van der Waals surface area contributed by atoms with Crippen LogP contribution in [0.3, 0.4) is 0 Å². The van der Waals surface area contributed by atoms with Crippen LogP contribution in [0.4, 0.5) is 4.39 Å². The highest BCUT2D eigenvalue weighted by molar-refractivity contribution is 5.28. The van der Waals surface area contributed by atoms with Crippen molar-refractivity contribution in [2.75, 3.05) is 20.6 Å². The molecule has 1 atom stereocenters. The van der Waals surface area contributed by atoms with Gasteiger partial charge in [0.1, 0.15) is 5.83 Å². The quantitative estimate of drug-likeness (QED) is 0.818. The molecule has 0 radical (unpaired) electrons. The van der Waals surface area contributed by atoms with Crippen LogP contribution in [0.25, 0.3) is 0 Å². The summed E-state index contributed by atoms with van der Waals surface area (Å²) in [5.41, 5.74) is 7.19. The molecule has 17 heavy (non-hydrogen) atoms. The van der Waals surface area contributed by atoms with Gasteiger partial charge in [-0.15, -0.1) is 0 Å². The van der Waals surface area contributed by atoms with E-state index in [1.165, 1.54) is 6.08 Å². The molecule has 100 valence electrons. The summed E-state index contributed by atoms with van der Waals surface area (Å²) in [6.45, 7) is 7.09. The van der Waals surface area contributed by atoms with Crippen LogP contribution in [0.15, 0.2) is 23.2 Å². The van der Waals surface area contributed by atoms with Gasteiger partial charge >= 0.3 is 0 Å². The average Bonchev–Trinajstić information content (AvgIpc) is 2.28. The first-order valence-electron chi connectivity index (χ1n) is 6.50. The van der Waals surface area contributed by atoms with Crippen molar-refractivity contribution in [2.45, 2.75) is 40.0 Å². The Labute approximate surface area is 105 Å². The van der Waals surface area contributed by atoms with Gasteiger partial charge in [0, 0.05) is 5.70 Å². The van der Waals surface area contributed by atoms with Crippen molar-refractivity contribution in [2.24, 2.45) is 11.7 Å². The van der Waals surface area contributed by atoms with Crippen LogP contribution in [0.1, 0.15) is 40.0 Å². The Morgan fingerprint density at radius 1 is 1.35 bits per heavy atom. The van der Waals surface area contributed by atoms with Gasteiger partial charge in [0.25, 0.3) is 0 Å². The largest absolute Gasteiger partial charge is 0.402 e. The van der Waals surface area contributed by atoms with Crippen molar-refractivity contribution in [1.29, 1.82) is 0 Å². The Morgan fingerprint density at radius 3 is 2.41 bits per heavy atom. The summed E-state index contributed by atoms with van der Waals surface area (Å²) in [7, 11) is 4.08. The predicted molar refractivity (Wildman–Crippen MR) is 73.3 cm³/mol. The van der Waals surface area contributed by atoms with E-state index in [0.717, 1.165) is 31.4 Å². The zero-order valence-corrected chi connectivity index (χ0v) is 11.9. The van der Waals surface area contributed by atoms with E-state index in [1.807, 2.05) is 27.9 Å². The molecule has 0 aromatic rings. The molecule has 1 aliphatic carbocycles. The molecule has 0 aromatic carbocycles. The second-order valence-electron chi connectivity index (χ2n) is 4.59. The summed E-state index contributed by atoms with van der Waals surface area (Å²) < 4.78 is 13.6. The molecular weight excluding hydrogens is 215 g/mol. The molecule has 0 aliphatic heterocycles. The highest BCUT2D eigenvalue weighted by Gasteiger charge is 2.17. The van der Waals surface area contributed by atoms with Crippen molar-refractivity contribution >= 4 is 0 Å². The SMILES string of the molecule is CC.CC(CCN(C)C)C1=C(F)C=C(N)CC1. The van der Waals surface area contributed by atoms with E-state index in [0.29, 0.717) is 11.6 Å². The maximum atomic E-state index is 13.6. The third-order valence-electron chi connectivity index (χ3n) is 2.91. The standard InChI is InChI=1S/C12H21FN2.C2H6/c1-9(6-7-15(2)3)11-5-4-10(14)8-12(11)13;1-2/h8-9H,4-7,14H2,1-3H3;1-2H3. The first kappa shape index (κ1) is 16.2. The lowest BCUT2D eigenvalue weighted by atomic mass is 9.89. The van der Waals surface area contributed by atoms with Gasteiger partial charge in [-0.05, 0) is 57.5 Å². The van der Waals surface area contributed by atoms with Crippen molar-refractivity contribution < 1.29 is 4.39 Å². The lowest BCUT2D eigenvalue weighted by molar-refractivity contribution is 0.369. The number of hydrogen-bond acceptors (Lipinski definition) is 2. The first-order valence-corrected chi connectivity index (χ1v) is 6.50. The van der Waals surface area contributed by atoms with E-state index in [1.54, 1.807) is 0 Å². The predicted octanol–water partition coefficient (Wildman–Crippen LogP) is 3.46. The number of nitrogens with two attached hydrogens (primary N) is 1. The van der Waals surface area contributed by atoms with Gasteiger partial charge in [-0.2, -0.15) is 0 Å². The van der Waals surface area contributed by atoms with Gasteiger partial charge in [-0.1, -0.05) is 20.8 Å². The van der Waals surface area contributed by atoms with Crippen LogP contribution in [-0.2, 0) is 0 Å². The van der Waals surface area contributed by atoms with Gasteiger partial charge in [0.15, 0.2) is 0 Å². The number of halogens is 1. The molecule has 0 amide bonds. The lowest BCUT2D eigenvalue weighted by Gasteiger charge is -2.21. The smallest absolute Gasteiger partial charge is 0.124 e. The maximum absolute atomic E-state index is 13.6. The average molecular weight is 242 g/mol. The van der Waals surface area contributed by atoms with E-state index in [-0.39, 0.29) is 5.83 Å². The molecule has 0 saturated heterocycles. The lowest BCUT2D eigenvalue weighted by Crippen LogP contribution is -2.17. The third-order valence-corrected chi connectivity index (χ3v) is 2.91. The van der Waals surface area contributed by atoms with E-state index in [2.05, 4.69) is 11.8 Å². The Kier molecular flexibility index (Phi) is 7.88. The monoisotopic (exact) mass is 242 g/mol. The number of rotatable bonds is 4. The van der Waals surface area contributed by atoms with E-state index < -0.39 is 0 Å². The van der Waals surface area contributed by atoms with Crippen molar-refractivity contribution in [1.82, 2.24) is 4.90 Å². The minimum Gasteiger partial charge on any atom is -0.402 e. The van der Waals surface area contributed by atoms with Crippen LogP contribution >= 0.6 is 0 Å². The summed E-state index contributed by atoms with van der Waals surface area (Å²) in [6.07, 6.45) is 4.06. The molecule has 3 heteroatoms. The summed E-state index contributed by atoms with van der Waals surface area (Å²) in [5, 5.41) is 0. The fraction of sp³-hybridized carbons (Fsp3) is 0.714. The van der Waals surface area contributed by atoms with Gasteiger partial charge in [0.05, 0.1) is 0 Å². The van der Waals surface area contributed by atoms with Crippen molar-refractivity contribution in [3.8, 4) is 0 Å². The normalized spacial score (nSPS) is 17.5. The Morgan fingerprint density at radius 2 is 1.94 bits per heavy atom. The molecule has 2 N–H and O–H groups in total. The Bertz CT molecular complexity index is 280. The summed E-state index contributed by atoms with van der Waals surface area (Å²) in [6, 6.07) is 0. The minimum absolute atomic E-state index is 0.106. The molecule has 0 aromatic heterocycles. The molecule has 1 rings (SSSR count). The van der Waals surface area contributed by atoms with E-state index in [4.69, 9.17) is 5.73 Å². The molecule has 0 bridgehead atoms. The molecule has 1 aliphatic rings. The molecule has 1 unspecified atom stereocenters. The summed E-state index contributed by atoms with van der Waals surface area (Å²) in [4.78, 5) is 2.13. The number of hydrogen-bond donors (Lipinski definition) is 1. The molecule has 0 fully saturated rings. The van der Waals surface area contributed by atoms with Crippen molar-refractivity contribution in [3.63, 3.8) is 0 Å². The van der Waals surface area contributed by atoms with Crippen LogP contribution in [0, 0.1) is 5.92 Å². The Balaban J connectivity index is 0.00000121. The van der Waals surface area contributed by atoms with Crippen LogP contribution in [0.2, 0.25) is 0 Å². The van der Waals surface area contributed by atoms with Gasteiger partial charge in [0.2, 0.25) is 0 Å². The molecule has 2 nitrogen and oxygen atoms in total. The highest BCUT2D eigenvalue weighted by atomic mass is 19.1. The van der Waals surface area contributed by atoms with Gasteiger partial charge < -0.3 is 10.6 Å². The zero-order chi connectivity index (χ0) is 13.4. The van der Waals surface area contributed by atoms with Crippen LogP contribution in [-0.4, -0.2) is 25.5 Å². The number of allylic oxidation sites excluding steroid dienone is 4. The second kappa shape index (κ2) is 8.29. The van der Waals surface area contributed by atoms with Gasteiger partial charge in [-0.25, -0.2) is 4.39 Å². The van der Waals surface area contributed by atoms with Gasteiger partial charge in [-0.3, -0.25) is 0 Å². The maximum Gasteiger partial charge on any atom is 0.124 e. The Hall–Kier alpha value is -0.830. The summed E-state index contributed by atoms with van der Waals surface area (Å²) in [5.74, 6) is 0.210. The fourth-order valence-electron chi connectivity index (χ4n) is 1.83. The van der Waals surface area contributed by atoms with Crippen LogP contribution < -0.4 is 5.73 Å². The molecule has 0 spiro atoms. The summed E-state index contributed by atoms with van der Waals surface area (Å²) >= 11 is 0. The second-order valence-corrected chi connectivity index (χ2v) is 4.59. The molecular formula is C14H27FN2. The highest BCUT2D eigenvalue weighted by Crippen LogP contribution is 2.29. The molecule has 0 heterocycles.